The summed E-state index contributed by atoms with van der Waals surface area (Å²) >= 11 is 0. The highest BCUT2D eigenvalue weighted by atomic mass is 35.5. The molecule has 5 nitrogen and oxygen atoms in total. The van der Waals surface area contributed by atoms with Crippen molar-refractivity contribution in [2.24, 2.45) is 0 Å². The largest absolute Gasteiger partial charge is 0.333 e. The van der Waals surface area contributed by atoms with Gasteiger partial charge in [-0.2, -0.15) is 0 Å². The number of carbonyl (C=O) groups is 1. The third-order valence-electron chi connectivity index (χ3n) is 5.47. The van der Waals surface area contributed by atoms with Crippen molar-refractivity contribution in [1.82, 2.24) is 10.2 Å². The number of halogens is 1. The van der Waals surface area contributed by atoms with Crippen LogP contribution < -0.4 is 5.32 Å². The highest BCUT2D eigenvalue weighted by Crippen LogP contribution is 2.29. The zero-order chi connectivity index (χ0) is 17.3. The first-order valence-electron chi connectivity index (χ1n) is 8.79. The molecule has 7 heteroatoms. The van der Waals surface area contributed by atoms with Gasteiger partial charge in [-0.15, -0.1) is 12.4 Å². The molecule has 0 spiro atoms. The van der Waals surface area contributed by atoms with Crippen molar-refractivity contribution in [1.29, 1.82) is 0 Å². The van der Waals surface area contributed by atoms with Crippen molar-refractivity contribution in [2.75, 3.05) is 13.1 Å². The number of piperazine rings is 1. The van der Waals surface area contributed by atoms with E-state index in [1.807, 2.05) is 11.8 Å². The number of nitrogens with zero attached hydrogens (tertiary/aromatic N) is 1. The number of hydrogen-bond acceptors (Lipinski definition) is 4. The lowest BCUT2D eigenvalue weighted by Crippen LogP contribution is -2.57. The van der Waals surface area contributed by atoms with Gasteiger partial charge in [0.2, 0.25) is 0 Å². The summed E-state index contributed by atoms with van der Waals surface area (Å²) in [4.78, 5) is 14.9. The third-order valence-corrected chi connectivity index (χ3v) is 7.74. The van der Waals surface area contributed by atoms with E-state index in [9.17, 15) is 13.2 Å². The summed E-state index contributed by atoms with van der Waals surface area (Å²) in [5.74, 6) is -0.0272. The van der Waals surface area contributed by atoms with E-state index >= 15 is 0 Å². The van der Waals surface area contributed by atoms with Gasteiger partial charge < -0.3 is 10.2 Å². The van der Waals surface area contributed by atoms with Gasteiger partial charge in [0.05, 0.1) is 10.1 Å². The first-order chi connectivity index (χ1) is 11.4. The summed E-state index contributed by atoms with van der Waals surface area (Å²) < 4.78 is 25.2. The van der Waals surface area contributed by atoms with Crippen LogP contribution >= 0.6 is 12.4 Å². The first-order valence-corrected chi connectivity index (χ1v) is 10.3. The molecule has 1 aliphatic heterocycles. The lowest BCUT2D eigenvalue weighted by Gasteiger charge is -2.38. The maximum absolute atomic E-state index is 12.7. The summed E-state index contributed by atoms with van der Waals surface area (Å²) in [6, 6.07) is 6.87. The molecule has 2 atom stereocenters. The monoisotopic (exact) mass is 386 g/mol. The van der Waals surface area contributed by atoms with Crippen molar-refractivity contribution < 1.29 is 13.2 Å². The molecule has 1 amide bonds. The van der Waals surface area contributed by atoms with E-state index in [0.29, 0.717) is 17.0 Å². The summed E-state index contributed by atoms with van der Waals surface area (Å²) in [5.41, 5.74) is 0.557. The van der Waals surface area contributed by atoms with Gasteiger partial charge in [-0.3, -0.25) is 4.79 Å². The topological polar surface area (TPSA) is 66.5 Å². The second kappa shape index (κ2) is 8.06. The number of nitrogens with one attached hydrogen (secondary N) is 1. The highest BCUT2D eigenvalue weighted by Gasteiger charge is 2.31. The fourth-order valence-electron chi connectivity index (χ4n) is 3.69. The predicted octanol–water partition coefficient (Wildman–Crippen LogP) is 2.65. The SMILES string of the molecule is CC1NCCN(C(=O)c2ccc(S(=O)(=O)C3CCCC3)cc2)C1C.Cl. The Balaban J connectivity index is 0.00000225. The molecule has 1 aliphatic carbocycles. The summed E-state index contributed by atoms with van der Waals surface area (Å²) in [7, 11) is -3.26. The number of amides is 1. The molecule has 1 saturated carbocycles. The smallest absolute Gasteiger partial charge is 0.254 e. The molecule has 0 bridgehead atoms. The average Bonchev–Trinajstić information content (AvgIpc) is 3.12. The van der Waals surface area contributed by atoms with E-state index in [2.05, 4.69) is 12.2 Å². The van der Waals surface area contributed by atoms with E-state index in [0.717, 1.165) is 32.2 Å². The third kappa shape index (κ3) is 4.01. The van der Waals surface area contributed by atoms with Gasteiger partial charge in [0.15, 0.2) is 9.84 Å². The molecule has 1 aromatic carbocycles. The Morgan fingerprint density at radius 2 is 1.72 bits per heavy atom. The normalized spacial score (nSPS) is 24.8. The number of hydrogen-bond donors (Lipinski definition) is 1. The van der Waals surface area contributed by atoms with E-state index < -0.39 is 9.84 Å². The maximum atomic E-state index is 12.7. The van der Waals surface area contributed by atoms with Crippen LogP contribution in [0.4, 0.5) is 0 Å². The molecule has 1 N–H and O–H groups in total. The van der Waals surface area contributed by atoms with E-state index in [4.69, 9.17) is 0 Å². The Kier molecular flexibility index (Phi) is 6.51. The summed E-state index contributed by atoms with van der Waals surface area (Å²) in [6.07, 6.45) is 3.47. The molecule has 0 aromatic heterocycles. The summed E-state index contributed by atoms with van der Waals surface area (Å²) in [6.45, 7) is 5.56. The van der Waals surface area contributed by atoms with Crippen LogP contribution in [-0.2, 0) is 9.84 Å². The molecule has 25 heavy (non-hydrogen) atoms. The fourth-order valence-corrected chi connectivity index (χ4v) is 5.54. The highest BCUT2D eigenvalue weighted by molar-refractivity contribution is 7.92. The number of sulfone groups is 1. The van der Waals surface area contributed by atoms with Gasteiger partial charge in [-0.1, -0.05) is 12.8 Å². The average molecular weight is 387 g/mol. The zero-order valence-electron chi connectivity index (χ0n) is 14.8. The van der Waals surface area contributed by atoms with Crippen molar-refractivity contribution in [3.8, 4) is 0 Å². The van der Waals surface area contributed by atoms with Gasteiger partial charge in [0, 0.05) is 30.7 Å². The fraction of sp³-hybridized carbons (Fsp3) is 0.611. The van der Waals surface area contributed by atoms with Crippen LogP contribution in [0.3, 0.4) is 0 Å². The minimum absolute atomic E-state index is 0. The van der Waals surface area contributed by atoms with E-state index in [-0.39, 0.29) is 35.6 Å². The molecular weight excluding hydrogens is 360 g/mol. The molecule has 2 unspecified atom stereocenters. The quantitative estimate of drug-likeness (QED) is 0.867. The second-order valence-electron chi connectivity index (χ2n) is 6.96. The van der Waals surface area contributed by atoms with Gasteiger partial charge in [0.1, 0.15) is 0 Å². The molecule has 2 aliphatic rings. The van der Waals surface area contributed by atoms with Crippen LogP contribution in [0.15, 0.2) is 29.2 Å². The van der Waals surface area contributed by atoms with Gasteiger partial charge >= 0.3 is 0 Å². The molecule has 1 saturated heterocycles. The number of carbonyl (C=O) groups excluding carboxylic acids is 1. The van der Waals surface area contributed by atoms with Crippen LogP contribution in [0.1, 0.15) is 49.9 Å². The molecule has 0 radical (unpaired) electrons. The Bertz CT molecular complexity index is 700. The van der Waals surface area contributed by atoms with Crippen LogP contribution in [0, 0.1) is 0 Å². The van der Waals surface area contributed by atoms with Crippen LogP contribution in [0.2, 0.25) is 0 Å². The molecule has 3 rings (SSSR count). The number of benzene rings is 1. The van der Waals surface area contributed by atoms with Crippen molar-refractivity contribution in [2.45, 2.75) is 61.8 Å². The lowest BCUT2D eigenvalue weighted by atomic mass is 10.1. The van der Waals surface area contributed by atoms with Gasteiger partial charge in [-0.25, -0.2) is 8.42 Å². The van der Waals surface area contributed by atoms with Gasteiger partial charge in [-0.05, 0) is 51.0 Å². The molecule has 1 aromatic rings. The Hall–Kier alpha value is -1.11. The predicted molar refractivity (Wildman–Crippen MR) is 101 cm³/mol. The Morgan fingerprint density at radius 1 is 1.12 bits per heavy atom. The Morgan fingerprint density at radius 3 is 2.32 bits per heavy atom. The van der Waals surface area contributed by atoms with Crippen molar-refractivity contribution >= 4 is 28.2 Å². The Labute approximate surface area is 156 Å². The van der Waals surface area contributed by atoms with E-state index in [1.54, 1.807) is 24.3 Å². The molecule has 2 fully saturated rings. The van der Waals surface area contributed by atoms with Crippen LogP contribution in [-0.4, -0.2) is 49.6 Å². The van der Waals surface area contributed by atoms with Crippen LogP contribution in [0.5, 0.6) is 0 Å². The van der Waals surface area contributed by atoms with Crippen molar-refractivity contribution in [3.05, 3.63) is 29.8 Å². The summed E-state index contributed by atoms with van der Waals surface area (Å²) in [5, 5.41) is 3.10. The maximum Gasteiger partial charge on any atom is 0.254 e. The second-order valence-corrected chi connectivity index (χ2v) is 9.19. The molecule has 1 heterocycles. The van der Waals surface area contributed by atoms with E-state index in [1.165, 1.54) is 0 Å². The number of rotatable bonds is 3. The minimum Gasteiger partial charge on any atom is -0.333 e. The minimum atomic E-state index is -3.26. The molecular formula is C18H27ClN2O3S. The lowest BCUT2D eigenvalue weighted by molar-refractivity contribution is 0.0603. The van der Waals surface area contributed by atoms with Crippen molar-refractivity contribution in [3.63, 3.8) is 0 Å². The van der Waals surface area contributed by atoms with Gasteiger partial charge in [0.25, 0.3) is 5.91 Å². The first kappa shape index (κ1) is 20.2. The zero-order valence-corrected chi connectivity index (χ0v) is 16.4. The molecule has 140 valence electrons. The van der Waals surface area contributed by atoms with Crippen LogP contribution in [0.25, 0.3) is 0 Å². The standard InChI is InChI=1S/C18H26N2O3S.ClH/c1-13-14(2)20(12-11-19-13)18(21)15-7-9-17(10-8-15)24(22,23)16-5-3-4-6-16;/h7-10,13-14,16,19H,3-6,11-12H2,1-2H3;1H.